The molecule has 2 aliphatic carbocycles. The summed E-state index contributed by atoms with van der Waals surface area (Å²) < 4.78 is 38.5. The molecule has 0 aromatic heterocycles. The monoisotopic (exact) mass is 408 g/mol. The maximum absolute atomic E-state index is 13.0. The molecule has 2 atom stereocenters. The van der Waals surface area contributed by atoms with E-state index in [-0.39, 0.29) is 23.6 Å². The van der Waals surface area contributed by atoms with Crippen molar-refractivity contribution in [1.29, 1.82) is 5.26 Å². The molecule has 0 spiro atoms. The average Bonchev–Trinajstić information content (AvgIpc) is 3.57. The molecule has 3 rings (SSSR count). The maximum atomic E-state index is 13.0. The number of hydrogen-bond acceptors (Lipinski definition) is 2. The Labute approximate surface area is 171 Å². The molecule has 29 heavy (non-hydrogen) atoms. The molecule has 2 saturated carbocycles. The van der Waals surface area contributed by atoms with Gasteiger partial charge in [0.1, 0.15) is 0 Å². The zero-order chi connectivity index (χ0) is 21.4. The van der Waals surface area contributed by atoms with Crippen molar-refractivity contribution in [2.75, 3.05) is 0 Å². The van der Waals surface area contributed by atoms with Gasteiger partial charge in [-0.3, -0.25) is 4.79 Å². The van der Waals surface area contributed by atoms with Gasteiger partial charge in [0, 0.05) is 24.1 Å². The van der Waals surface area contributed by atoms with E-state index in [0.717, 1.165) is 32.6 Å². The second-order valence-electron chi connectivity index (χ2n) is 8.03. The summed E-state index contributed by atoms with van der Waals surface area (Å²) >= 11 is 0. The second-order valence-corrected chi connectivity index (χ2v) is 8.03. The van der Waals surface area contributed by atoms with Crippen molar-refractivity contribution in [2.24, 2.45) is 0 Å². The number of nitriles is 1. The molecule has 0 radical (unpaired) electrons. The molecule has 1 unspecified atom stereocenters. The number of carbonyl (C=O) groups excluding carboxylic acids is 1. The summed E-state index contributed by atoms with van der Waals surface area (Å²) in [4.78, 5) is 14.9. The Morgan fingerprint density at radius 2 is 1.76 bits per heavy atom. The normalized spacial score (nSPS) is 17.4. The third-order valence-electron chi connectivity index (χ3n) is 5.28. The minimum atomic E-state index is -4.30. The topological polar surface area (TPSA) is 44.1 Å². The van der Waals surface area contributed by atoms with E-state index in [1.54, 1.807) is 0 Å². The van der Waals surface area contributed by atoms with E-state index < -0.39 is 12.1 Å². The number of alkyl halides is 3. The molecule has 1 amide bonds. The van der Waals surface area contributed by atoms with Crippen LogP contribution in [0.1, 0.15) is 93.5 Å². The fourth-order valence-electron chi connectivity index (χ4n) is 3.22. The van der Waals surface area contributed by atoms with Gasteiger partial charge in [0.15, 0.2) is 0 Å². The fraction of sp³-hybridized carbons (Fsp3) is 0.652. The lowest BCUT2D eigenvalue weighted by molar-refractivity contribution is -0.146. The van der Waals surface area contributed by atoms with Crippen molar-refractivity contribution in [3.63, 3.8) is 0 Å². The lowest BCUT2D eigenvalue weighted by Gasteiger charge is -2.32. The number of halogens is 3. The Morgan fingerprint density at radius 3 is 2.17 bits per heavy atom. The number of carbonyl (C=O) groups is 1. The van der Waals surface area contributed by atoms with Gasteiger partial charge in [-0.15, -0.1) is 0 Å². The summed E-state index contributed by atoms with van der Waals surface area (Å²) in [5.74, 6) is -1.70. The Hall–Kier alpha value is -2.03. The number of amides is 1. The second kappa shape index (κ2) is 10.7. The summed E-state index contributed by atoms with van der Waals surface area (Å²) in [6.07, 6.45) is 4.86. The lowest BCUT2D eigenvalue weighted by atomic mass is 9.98. The van der Waals surface area contributed by atoms with Gasteiger partial charge in [0.25, 0.3) is 5.91 Å². The van der Waals surface area contributed by atoms with Crippen molar-refractivity contribution in [1.82, 2.24) is 4.90 Å². The van der Waals surface area contributed by atoms with Crippen LogP contribution in [0.15, 0.2) is 24.3 Å². The van der Waals surface area contributed by atoms with Crippen LogP contribution in [0, 0.1) is 11.3 Å². The smallest absolute Gasteiger partial charge is 0.333 e. The van der Waals surface area contributed by atoms with Crippen LogP contribution >= 0.6 is 0 Å². The predicted molar refractivity (Wildman–Crippen MR) is 107 cm³/mol. The Kier molecular flexibility index (Phi) is 8.55. The van der Waals surface area contributed by atoms with E-state index in [1.807, 2.05) is 11.8 Å². The molecule has 0 heterocycles. The highest BCUT2D eigenvalue weighted by atomic mass is 19.4. The van der Waals surface area contributed by atoms with Gasteiger partial charge in [-0.1, -0.05) is 44.7 Å². The maximum Gasteiger partial charge on any atom is 0.395 e. The van der Waals surface area contributed by atoms with E-state index >= 15 is 0 Å². The van der Waals surface area contributed by atoms with Crippen LogP contribution in [0.5, 0.6) is 0 Å². The molecule has 2 aliphatic rings. The first-order valence-corrected chi connectivity index (χ1v) is 10.7. The molecule has 0 saturated heterocycles. The summed E-state index contributed by atoms with van der Waals surface area (Å²) in [7, 11) is 0. The molecule has 0 aliphatic heterocycles. The molecular formula is C23H31F3N2O. The van der Waals surface area contributed by atoms with Crippen molar-refractivity contribution in [2.45, 2.75) is 95.8 Å². The van der Waals surface area contributed by atoms with E-state index in [9.17, 15) is 18.0 Å². The number of benzene rings is 1. The first-order valence-electron chi connectivity index (χ1n) is 10.7. The van der Waals surface area contributed by atoms with E-state index in [1.165, 1.54) is 43.5 Å². The van der Waals surface area contributed by atoms with E-state index in [0.29, 0.717) is 18.4 Å². The van der Waals surface area contributed by atoms with Gasteiger partial charge in [0.2, 0.25) is 0 Å². The molecule has 0 N–H and O–H groups in total. The van der Waals surface area contributed by atoms with Crippen molar-refractivity contribution >= 4 is 5.91 Å². The summed E-state index contributed by atoms with van der Waals surface area (Å²) in [6.45, 7) is 3.16. The van der Waals surface area contributed by atoms with Crippen molar-refractivity contribution in [3.05, 3.63) is 35.4 Å². The van der Waals surface area contributed by atoms with E-state index in [2.05, 4.69) is 6.07 Å². The van der Waals surface area contributed by atoms with Crippen LogP contribution < -0.4 is 0 Å². The largest absolute Gasteiger partial charge is 0.395 e. The van der Waals surface area contributed by atoms with Gasteiger partial charge in [-0.05, 0) is 50.3 Å². The van der Waals surface area contributed by atoms with Gasteiger partial charge in [-0.25, -0.2) is 0 Å². The molecule has 3 nitrogen and oxygen atoms in total. The minimum absolute atomic E-state index is 0.00780. The van der Waals surface area contributed by atoms with Crippen LogP contribution in [0.4, 0.5) is 13.2 Å². The SMILES string of the molecule is C1CC1.CCCC(CCC#N)N(C(=O)c1ccc([C@@H](C)C(F)(F)F)cc1)C1CC1. The van der Waals surface area contributed by atoms with Crippen LogP contribution in [0.25, 0.3) is 0 Å². The Morgan fingerprint density at radius 1 is 1.17 bits per heavy atom. The zero-order valence-electron chi connectivity index (χ0n) is 17.3. The van der Waals surface area contributed by atoms with E-state index in [4.69, 9.17) is 5.26 Å². The molecule has 0 bridgehead atoms. The molecular weight excluding hydrogens is 377 g/mol. The third kappa shape index (κ3) is 7.38. The highest BCUT2D eigenvalue weighted by Gasteiger charge is 2.38. The number of hydrogen-bond donors (Lipinski definition) is 0. The van der Waals surface area contributed by atoms with Crippen LogP contribution in [0.2, 0.25) is 0 Å². The first-order chi connectivity index (χ1) is 13.8. The molecule has 6 heteroatoms. The third-order valence-corrected chi connectivity index (χ3v) is 5.28. The van der Waals surface area contributed by atoms with Gasteiger partial charge in [-0.2, -0.15) is 18.4 Å². The Balaban J connectivity index is 0.000000912. The molecule has 1 aromatic rings. The summed E-state index contributed by atoms with van der Waals surface area (Å²) in [6, 6.07) is 8.09. The zero-order valence-corrected chi connectivity index (χ0v) is 17.3. The Bertz CT molecular complexity index is 685. The molecule has 2 fully saturated rings. The fourth-order valence-corrected chi connectivity index (χ4v) is 3.22. The lowest BCUT2D eigenvalue weighted by Crippen LogP contribution is -2.42. The summed E-state index contributed by atoms with van der Waals surface area (Å²) in [5, 5.41) is 8.88. The van der Waals surface area contributed by atoms with Gasteiger partial charge in [0.05, 0.1) is 12.0 Å². The quantitative estimate of drug-likeness (QED) is 0.486. The number of rotatable bonds is 8. The van der Waals surface area contributed by atoms with Crippen LogP contribution in [-0.4, -0.2) is 29.1 Å². The predicted octanol–water partition coefficient (Wildman–Crippen LogP) is 6.60. The van der Waals surface area contributed by atoms with Crippen molar-refractivity contribution < 1.29 is 18.0 Å². The minimum Gasteiger partial charge on any atom is -0.333 e. The molecule has 1 aromatic carbocycles. The highest BCUT2D eigenvalue weighted by Crippen LogP contribution is 2.35. The summed E-state index contributed by atoms with van der Waals surface area (Å²) in [5.41, 5.74) is 0.565. The standard InChI is InChI=1S/C20H25F3N2O.C3H6/c1-3-5-17(6-4-13-24)25(18-11-12-18)19(26)16-9-7-15(8-10-16)14(2)20(21,22)23;1-2-3-1/h7-10,14,17-18H,3-6,11-12H2,1-2H3;1-3H2/t14-,17?;/m1./s1. The highest BCUT2D eigenvalue weighted by molar-refractivity contribution is 5.95. The average molecular weight is 409 g/mol. The van der Waals surface area contributed by atoms with Gasteiger partial charge < -0.3 is 4.90 Å². The van der Waals surface area contributed by atoms with Crippen LogP contribution in [0.3, 0.4) is 0 Å². The van der Waals surface area contributed by atoms with Gasteiger partial charge >= 0.3 is 6.18 Å². The molecule has 160 valence electrons. The first kappa shape index (κ1) is 23.3. The van der Waals surface area contributed by atoms with Crippen LogP contribution in [-0.2, 0) is 0 Å². The van der Waals surface area contributed by atoms with Crippen molar-refractivity contribution in [3.8, 4) is 6.07 Å². The number of nitrogens with zero attached hydrogens (tertiary/aromatic N) is 2.